The highest BCUT2D eigenvalue weighted by molar-refractivity contribution is 5.74. The number of nitrogens with one attached hydrogen (secondary N) is 2. The third-order valence-corrected chi connectivity index (χ3v) is 2.05. The van der Waals surface area contributed by atoms with E-state index in [1.165, 1.54) is 5.56 Å². The molecule has 0 radical (unpaired) electrons. The zero-order valence-corrected chi connectivity index (χ0v) is 8.91. The van der Waals surface area contributed by atoms with Gasteiger partial charge in [0.1, 0.15) is 0 Å². The van der Waals surface area contributed by atoms with Gasteiger partial charge < -0.3 is 0 Å². The minimum atomic E-state index is 0.231. The van der Waals surface area contributed by atoms with Crippen LogP contribution in [0.2, 0.25) is 0 Å². The van der Waals surface area contributed by atoms with E-state index in [0.717, 1.165) is 5.69 Å². The third kappa shape index (κ3) is 3.31. The second kappa shape index (κ2) is 5.01. The first-order chi connectivity index (χ1) is 7.13. The molecule has 15 heavy (non-hydrogen) atoms. The van der Waals surface area contributed by atoms with Gasteiger partial charge in [-0.15, -0.1) is 0 Å². The van der Waals surface area contributed by atoms with Crippen molar-refractivity contribution >= 4 is 11.6 Å². The molecular weight excluding hydrogens is 188 g/mol. The summed E-state index contributed by atoms with van der Waals surface area (Å²) in [6.45, 7) is 4.28. The summed E-state index contributed by atoms with van der Waals surface area (Å²) in [5.74, 6) is 0.743. The second-order valence-corrected chi connectivity index (χ2v) is 3.55. The molecule has 0 saturated carbocycles. The van der Waals surface area contributed by atoms with Crippen LogP contribution in [0.1, 0.15) is 25.3 Å². The molecule has 0 bridgehead atoms. The van der Waals surface area contributed by atoms with Crippen LogP contribution in [0.4, 0.5) is 5.69 Å². The van der Waals surface area contributed by atoms with Crippen LogP contribution >= 0.6 is 0 Å². The number of benzene rings is 1. The Balaban J connectivity index is 2.81. The average Bonchev–Trinajstić information content (AvgIpc) is 2.18. The Hall–Kier alpha value is -2.02. The topological polar surface area (TPSA) is 75.8 Å². The molecule has 4 nitrogen and oxygen atoms in total. The maximum absolute atomic E-state index is 8.33. The molecule has 4 heteroatoms. The summed E-state index contributed by atoms with van der Waals surface area (Å²) in [6, 6.07) is 7.93. The summed E-state index contributed by atoms with van der Waals surface area (Å²) >= 11 is 0. The summed E-state index contributed by atoms with van der Waals surface area (Å²) in [4.78, 5) is 2.87. The van der Waals surface area contributed by atoms with Gasteiger partial charge in [-0.3, -0.25) is 5.73 Å². The van der Waals surface area contributed by atoms with Gasteiger partial charge in [0.2, 0.25) is 0 Å². The molecule has 0 aliphatic heterocycles. The maximum Gasteiger partial charge on any atom is 0.360 e. The summed E-state index contributed by atoms with van der Waals surface area (Å²) in [7, 11) is 0. The molecule has 1 aromatic rings. The lowest BCUT2D eigenvalue weighted by Gasteiger charge is -2.03. The molecule has 0 saturated heterocycles. The molecule has 4 N–H and O–H groups in total. The lowest BCUT2D eigenvalue weighted by molar-refractivity contribution is -0.357. The Kier molecular flexibility index (Phi) is 3.69. The van der Waals surface area contributed by atoms with E-state index in [-0.39, 0.29) is 5.96 Å². The summed E-state index contributed by atoms with van der Waals surface area (Å²) < 4.78 is 0. The van der Waals surface area contributed by atoms with E-state index in [9.17, 15) is 0 Å². The zero-order chi connectivity index (χ0) is 11.3. The molecule has 1 aromatic carbocycles. The highest BCUT2D eigenvalue weighted by Gasteiger charge is 2.00. The van der Waals surface area contributed by atoms with Gasteiger partial charge in [0.25, 0.3) is 6.19 Å². The predicted octanol–water partition coefficient (Wildman–Crippen LogP) is -0.0925. The van der Waals surface area contributed by atoms with Gasteiger partial charge in [0, 0.05) is 0 Å². The smallest absolute Gasteiger partial charge is 0.290 e. The number of nitrogens with two attached hydrogens (primary N) is 1. The second-order valence-electron chi connectivity index (χ2n) is 3.55. The van der Waals surface area contributed by atoms with Crippen LogP contribution in [0.5, 0.6) is 0 Å². The van der Waals surface area contributed by atoms with Crippen LogP contribution in [0.3, 0.4) is 0 Å². The lowest BCUT2D eigenvalue weighted by atomic mass is 10.0. The van der Waals surface area contributed by atoms with E-state index in [0.29, 0.717) is 5.92 Å². The first-order valence-electron chi connectivity index (χ1n) is 4.78. The van der Waals surface area contributed by atoms with Crippen molar-refractivity contribution in [3.05, 3.63) is 29.8 Å². The lowest BCUT2D eigenvalue weighted by Crippen LogP contribution is -2.72. The monoisotopic (exact) mass is 203 g/mol. The van der Waals surface area contributed by atoms with Crippen LogP contribution in [0.25, 0.3) is 0 Å². The molecule has 0 fully saturated rings. The van der Waals surface area contributed by atoms with E-state index >= 15 is 0 Å². The minimum absolute atomic E-state index is 0.231. The van der Waals surface area contributed by atoms with Crippen molar-refractivity contribution in [3.8, 4) is 6.19 Å². The van der Waals surface area contributed by atoms with E-state index in [1.54, 1.807) is 6.19 Å². The third-order valence-electron chi connectivity index (χ3n) is 2.05. The Morgan fingerprint density at radius 2 is 2.00 bits per heavy atom. The van der Waals surface area contributed by atoms with Gasteiger partial charge in [-0.1, -0.05) is 26.0 Å². The van der Waals surface area contributed by atoms with Crippen molar-refractivity contribution in [1.29, 1.82) is 5.26 Å². The summed E-state index contributed by atoms with van der Waals surface area (Å²) in [5, 5.41) is 10.6. The van der Waals surface area contributed by atoms with Gasteiger partial charge in [-0.05, 0) is 23.6 Å². The Labute approximate surface area is 89.4 Å². The quantitative estimate of drug-likeness (QED) is 0.272. The zero-order valence-electron chi connectivity index (χ0n) is 8.91. The van der Waals surface area contributed by atoms with Gasteiger partial charge >= 0.3 is 5.96 Å². The van der Waals surface area contributed by atoms with Crippen LogP contribution in [-0.2, 0) is 0 Å². The van der Waals surface area contributed by atoms with Crippen molar-refractivity contribution in [2.45, 2.75) is 19.8 Å². The maximum atomic E-state index is 8.33. The molecule has 1 rings (SSSR count). The highest BCUT2D eigenvalue weighted by Crippen LogP contribution is 2.14. The van der Waals surface area contributed by atoms with Crippen molar-refractivity contribution in [2.75, 3.05) is 0 Å². The number of rotatable bonds is 2. The summed E-state index contributed by atoms with van der Waals surface area (Å²) in [5.41, 5.74) is 7.62. The summed E-state index contributed by atoms with van der Waals surface area (Å²) in [6.07, 6.45) is 1.74. The molecule has 0 atom stereocenters. The first kappa shape index (κ1) is 11.1. The molecule has 0 unspecified atom stereocenters. The van der Waals surface area contributed by atoms with Gasteiger partial charge in [-0.2, -0.15) is 10.6 Å². The number of hydrogen-bond acceptors (Lipinski definition) is 1. The van der Waals surface area contributed by atoms with Crippen molar-refractivity contribution in [1.82, 2.24) is 5.32 Å². The first-order valence-corrected chi connectivity index (χ1v) is 4.78. The molecule has 0 aliphatic rings. The molecule has 78 valence electrons. The van der Waals surface area contributed by atoms with Gasteiger partial charge in [0.15, 0.2) is 0 Å². The van der Waals surface area contributed by atoms with Crippen LogP contribution in [0.15, 0.2) is 24.3 Å². The Bertz CT molecular complexity index is 384. The number of hydrogen-bond donors (Lipinski definition) is 3. The van der Waals surface area contributed by atoms with Crippen LogP contribution in [-0.4, -0.2) is 5.96 Å². The molecule has 0 aliphatic carbocycles. The normalized spacial score (nSPS) is 11.2. The van der Waals surface area contributed by atoms with Crippen molar-refractivity contribution in [3.63, 3.8) is 0 Å². The Morgan fingerprint density at radius 3 is 2.47 bits per heavy atom. The van der Waals surface area contributed by atoms with Crippen molar-refractivity contribution in [2.24, 2.45) is 5.73 Å². The average molecular weight is 203 g/mol. The predicted molar refractivity (Wildman–Crippen MR) is 59.1 cm³/mol. The van der Waals surface area contributed by atoms with E-state index < -0.39 is 0 Å². The molecule has 0 amide bonds. The fraction of sp³-hybridized carbons (Fsp3) is 0.273. The molecular formula is C11H15N4+. The van der Waals surface area contributed by atoms with Gasteiger partial charge in [-0.25, -0.2) is 4.99 Å². The van der Waals surface area contributed by atoms with E-state index in [2.05, 4.69) is 24.2 Å². The SMILES string of the molecule is CC(C)c1ccc([NH+]=C(N)NC#N)cc1. The van der Waals surface area contributed by atoms with E-state index in [4.69, 9.17) is 11.0 Å². The standard InChI is InChI=1S/C11H14N4/c1-8(2)9-3-5-10(6-4-9)15-11(13)14-7-12/h3-6,8H,1-2H3,(H3,13,14,15)/p+1. The molecule has 0 spiro atoms. The number of nitriles is 1. The minimum Gasteiger partial charge on any atom is -0.290 e. The molecule has 0 heterocycles. The van der Waals surface area contributed by atoms with Crippen molar-refractivity contribution < 1.29 is 4.99 Å². The number of nitrogens with zero attached hydrogens (tertiary/aromatic N) is 1. The number of guanidine groups is 1. The fourth-order valence-electron chi connectivity index (χ4n) is 1.20. The Morgan fingerprint density at radius 1 is 1.40 bits per heavy atom. The van der Waals surface area contributed by atoms with Crippen LogP contribution in [0, 0.1) is 11.5 Å². The van der Waals surface area contributed by atoms with Crippen LogP contribution < -0.4 is 16.0 Å². The fourth-order valence-corrected chi connectivity index (χ4v) is 1.20. The van der Waals surface area contributed by atoms with E-state index in [1.807, 2.05) is 24.3 Å². The largest absolute Gasteiger partial charge is 0.360 e. The van der Waals surface area contributed by atoms with Gasteiger partial charge in [0.05, 0.1) is 5.69 Å². The highest BCUT2D eigenvalue weighted by atomic mass is 15.1. The molecule has 0 aromatic heterocycles.